The molecule has 0 aliphatic heterocycles. The summed E-state index contributed by atoms with van der Waals surface area (Å²) in [6, 6.07) is 10.5. The summed E-state index contributed by atoms with van der Waals surface area (Å²) in [5.74, 6) is 1.23. The van der Waals surface area contributed by atoms with Crippen LogP contribution in [-0.2, 0) is 0 Å². The van der Waals surface area contributed by atoms with E-state index in [1.807, 2.05) is 13.0 Å². The molecule has 1 atom stereocenters. The molecule has 1 heterocycles. The van der Waals surface area contributed by atoms with E-state index in [0.29, 0.717) is 11.3 Å². The Morgan fingerprint density at radius 1 is 1.33 bits per heavy atom. The minimum absolute atomic E-state index is 0.155. The molecule has 1 aromatic heterocycles. The molecule has 0 bridgehead atoms. The lowest BCUT2D eigenvalue weighted by Crippen LogP contribution is -2.26. The molecular weight excluding hydrogens is 230 g/mol. The second kappa shape index (κ2) is 5.40. The standard InChI is InChI=1S/C14H15NO3/c1-10(13-7-4-8-18-13)15-14(16)11-5-3-6-12(9-11)17-2/h3-10H,1-2H3,(H,15,16)/t10-/m1/s1. The molecule has 0 fully saturated rings. The summed E-state index contributed by atoms with van der Waals surface area (Å²) in [6.45, 7) is 1.87. The van der Waals surface area contributed by atoms with Gasteiger partial charge in [-0.2, -0.15) is 0 Å². The fourth-order valence-corrected chi connectivity index (χ4v) is 1.65. The van der Waals surface area contributed by atoms with Crippen LogP contribution in [0.15, 0.2) is 47.1 Å². The Morgan fingerprint density at radius 3 is 2.83 bits per heavy atom. The van der Waals surface area contributed by atoms with Crippen molar-refractivity contribution in [2.75, 3.05) is 7.11 Å². The first kappa shape index (κ1) is 12.2. The van der Waals surface area contributed by atoms with Crippen LogP contribution in [0.25, 0.3) is 0 Å². The number of nitrogens with one attached hydrogen (secondary N) is 1. The van der Waals surface area contributed by atoms with E-state index in [1.54, 1.807) is 43.7 Å². The van der Waals surface area contributed by atoms with Gasteiger partial charge in [0.2, 0.25) is 0 Å². The number of furan rings is 1. The number of ether oxygens (including phenoxy) is 1. The molecule has 94 valence electrons. The maximum atomic E-state index is 12.0. The Kier molecular flexibility index (Phi) is 3.67. The van der Waals surface area contributed by atoms with Crippen LogP contribution in [-0.4, -0.2) is 13.0 Å². The summed E-state index contributed by atoms with van der Waals surface area (Å²) in [5.41, 5.74) is 0.563. The SMILES string of the molecule is COc1cccc(C(=O)N[C@H](C)c2ccco2)c1. The summed E-state index contributed by atoms with van der Waals surface area (Å²) in [7, 11) is 1.57. The van der Waals surface area contributed by atoms with Gasteiger partial charge in [-0.05, 0) is 37.3 Å². The second-order valence-corrected chi connectivity index (χ2v) is 3.94. The molecule has 4 nitrogen and oxygen atoms in total. The largest absolute Gasteiger partial charge is 0.497 e. The monoisotopic (exact) mass is 245 g/mol. The molecular formula is C14H15NO3. The van der Waals surface area contributed by atoms with Crippen LogP contribution in [0, 0.1) is 0 Å². The molecule has 0 aliphatic carbocycles. The number of amides is 1. The highest BCUT2D eigenvalue weighted by atomic mass is 16.5. The van der Waals surface area contributed by atoms with Crippen molar-refractivity contribution in [2.45, 2.75) is 13.0 Å². The Bertz CT molecular complexity index is 520. The van der Waals surface area contributed by atoms with E-state index in [0.717, 1.165) is 5.76 Å². The third-order valence-corrected chi connectivity index (χ3v) is 2.65. The molecule has 1 aromatic carbocycles. The van der Waals surface area contributed by atoms with E-state index >= 15 is 0 Å². The van der Waals surface area contributed by atoms with Gasteiger partial charge in [0.1, 0.15) is 11.5 Å². The van der Waals surface area contributed by atoms with Gasteiger partial charge in [-0.25, -0.2) is 0 Å². The molecule has 2 rings (SSSR count). The molecule has 0 saturated heterocycles. The molecule has 2 aromatic rings. The average Bonchev–Trinajstić information content (AvgIpc) is 2.92. The van der Waals surface area contributed by atoms with Crippen LogP contribution in [0.2, 0.25) is 0 Å². The second-order valence-electron chi connectivity index (χ2n) is 3.94. The molecule has 0 unspecified atom stereocenters. The van der Waals surface area contributed by atoms with Crippen LogP contribution in [0.1, 0.15) is 29.1 Å². The van der Waals surface area contributed by atoms with Gasteiger partial charge in [0.05, 0.1) is 19.4 Å². The van der Waals surface area contributed by atoms with Gasteiger partial charge in [0.15, 0.2) is 0 Å². The lowest BCUT2D eigenvalue weighted by Gasteiger charge is -2.11. The zero-order chi connectivity index (χ0) is 13.0. The number of rotatable bonds is 4. The Hall–Kier alpha value is -2.23. The van der Waals surface area contributed by atoms with Gasteiger partial charge in [0, 0.05) is 5.56 Å². The van der Waals surface area contributed by atoms with Gasteiger partial charge in [-0.15, -0.1) is 0 Å². The predicted molar refractivity (Wildman–Crippen MR) is 67.6 cm³/mol. The van der Waals surface area contributed by atoms with Crippen LogP contribution >= 0.6 is 0 Å². The topological polar surface area (TPSA) is 51.5 Å². The first-order chi connectivity index (χ1) is 8.70. The summed E-state index contributed by atoms with van der Waals surface area (Å²) in [6.07, 6.45) is 1.59. The normalized spacial score (nSPS) is 11.9. The maximum Gasteiger partial charge on any atom is 0.251 e. The van der Waals surface area contributed by atoms with E-state index < -0.39 is 0 Å². The lowest BCUT2D eigenvalue weighted by atomic mass is 10.1. The number of carbonyl (C=O) groups is 1. The highest BCUT2D eigenvalue weighted by molar-refractivity contribution is 5.94. The zero-order valence-electron chi connectivity index (χ0n) is 10.3. The molecule has 4 heteroatoms. The first-order valence-corrected chi connectivity index (χ1v) is 5.69. The highest BCUT2D eigenvalue weighted by Gasteiger charge is 2.13. The number of hydrogen-bond donors (Lipinski definition) is 1. The minimum Gasteiger partial charge on any atom is -0.497 e. The Labute approximate surface area is 106 Å². The van der Waals surface area contributed by atoms with E-state index in [2.05, 4.69) is 5.32 Å². The molecule has 0 saturated carbocycles. The Morgan fingerprint density at radius 2 is 2.17 bits per heavy atom. The Balaban J connectivity index is 2.07. The fourth-order valence-electron chi connectivity index (χ4n) is 1.65. The molecule has 1 amide bonds. The smallest absolute Gasteiger partial charge is 0.251 e. The van der Waals surface area contributed by atoms with Gasteiger partial charge in [-0.3, -0.25) is 4.79 Å². The van der Waals surface area contributed by atoms with Crippen LogP contribution < -0.4 is 10.1 Å². The molecule has 0 spiro atoms. The van der Waals surface area contributed by atoms with E-state index in [1.165, 1.54) is 0 Å². The van der Waals surface area contributed by atoms with Crippen LogP contribution in [0.5, 0.6) is 5.75 Å². The number of benzene rings is 1. The number of carbonyl (C=O) groups excluding carboxylic acids is 1. The molecule has 0 aliphatic rings. The van der Waals surface area contributed by atoms with Crippen LogP contribution in [0.4, 0.5) is 0 Å². The molecule has 0 radical (unpaired) electrons. The van der Waals surface area contributed by atoms with Gasteiger partial charge >= 0.3 is 0 Å². The predicted octanol–water partition coefficient (Wildman–Crippen LogP) is 2.78. The van der Waals surface area contributed by atoms with Crippen molar-refractivity contribution in [1.82, 2.24) is 5.32 Å². The van der Waals surface area contributed by atoms with Crippen molar-refractivity contribution < 1.29 is 13.9 Å². The van der Waals surface area contributed by atoms with Crippen molar-refractivity contribution in [1.29, 1.82) is 0 Å². The van der Waals surface area contributed by atoms with Crippen molar-refractivity contribution in [3.05, 3.63) is 54.0 Å². The summed E-state index contributed by atoms with van der Waals surface area (Å²) >= 11 is 0. The van der Waals surface area contributed by atoms with Gasteiger partial charge in [-0.1, -0.05) is 6.07 Å². The number of hydrogen-bond acceptors (Lipinski definition) is 3. The fraction of sp³-hybridized carbons (Fsp3) is 0.214. The third-order valence-electron chi connectivity index (χ3n) is 2.65. The van der Waals surface area contributed by atoms with E-state index in [4.69, 9.17) is 9.15 Å². The summed E-state index contributed by atoms with van der Waals surface area (Å²) < 4.78 is 10.3. The minimum atomic E-state index is -0.168. The van der Waals surface area contributed by atoms with Crippen molar-refractivity contribution in [2.24, 2.45) is 0 Å². The van der Waals surface area contributed by atoms with E-state index in [9.17, 15) is 4.79 Å². The van der Waals surface area contributed by atoms with E-state index in [-0.39, 0.29) is 11.9 Å². The number of methoxy groups -OCH3 is 1. The third kappa shape index (κ3) is 2.71. The maximum absolute atomic E-state index is 12.0. The first-order valence-electron chi connectivity index (χ1n) is 5.69. The average molecular weight is 245 g/mol. The summed E-state index contributed by atoms with van der Waals surface area (Å²) in [5, 5.41) is 2.86. The lowest BCUT2D eigenvalue weighted by molar-refractivity contribution is 0.0935. The molecule has 18 heavy (non-hydrogen) atoms. The summed E-state index contributed by atoms with van der Waals surface area (Å²) in [4.78, 5) is 12.0. The van der Waals surface area contributed by atoms with Gasteiger partial charge < -0.3 is 14.5 Å². The highest BCUT2D eigenvalue weighted by Crippen LogP contribution is 2.15. The van der Waals surface area contributed by atoms with Crippen molar-refractivity contribution >= 4 is 5.91 Å². The van der Waals surface area contributed by atoms with Gasteiger partial charge in [0.25, 0.3) is 5.91 Å². The van der Waals surface area contributed by atoms with Crippen LogP contribution in [0.3, 0.4) is 0 Å². The zero-order valence-corrected chi connectivity index (χ0v) is 10.3. The quantitative estimate of drug-likeness (QED) is 0.901. The van der Waals surface area contributed by atoms with Crippen molar-refractivity contribution in [3.8, 4) is 5.75 Å². The van der Waals surface area contributed by atoms with Crippen molar-refractivity contribution in [3.63, 3.8) is 0 Å². The molecule has 1 N–H and O–H groups in total.